The molecule has 0 radical (unpaired) electrons. The Balaban J connectivity index is 0. The van der Waals surface area contributed by atoms with Crippen molar-refractivity contribution in [2.75, 3.05) is 19.6 Å². The zero-order valence-corrected chi connectivity index (χ0v) is 20.8. The Kier molecular flexibility index (Phi) is 26.1. The van der Waals surface area contributed by atoms with Gasteiger partial charge in [-0.1, -0.05) is 63.8 Å². The number of nitrogens with zero attached hydrogens (tertiary/aromatic N) is 1. The van der Waals surface area contributed by atoms with E-state index >= 15 is 0 Å². The van der Waals surface area contributed by atoms with Crippen LogP contribution in [0.15, 0.2) is 24.3 Å². The monoisotopic (exact) mass is 389 g/mol. The van der Waals surface area contributed by atoms with Crippen molar-refractivity contribution in [3.8, 4) is 0 Å². The maximum absolute atomic E-state index is 10.9. The van der Waals surface area contributed by atoms with E-state index in [2.05, 4.69) is 38.2 Å². The molecule has 0 spiro atoms. The fourth-order valence-electron chi connectivity index (χ4n) is 2.76. The second kappa shape index (κ2) is 23.6. The van der Waals surface area contributed by atoms with E-state index in [4.69, 9.17) is 0 Å². The number of hydrogen-bond donors (Lipinski definition) is 0. The van der Waals surface area contributed by atoms with Gasteiger partial charge in [0.1, 0.15) is 0 Å². The molecule has 0 N–H and O–H groups in total. The van der Waals surface area contributed by atoms with Crippen LogP contribution in [0.2, 0.25) is 0 Å². The minimum atomic E-state index is -0.959. The van der Waals surface area contributed by atoms with Gasteiger partial charge in [0.15, 0.2) is 0 Å². The van der Waals surface area contributed by atoms with Crippen LogP contribution < -0.4 is 56.5 Å². The summed E-state index contributed by atoms with van der Waals surface area (Å²) in [5.74, 6) is -0.959. The summed E-state index contributed by atoms with van der Waals surface area (Å²) >= 11 is 0. The number of aliphatic carboxylic acids is 1. The molecule has 0 saturated heterocycles. The van der Waals surface area contributed by atoms with Crippen molar-refractivity contribution in [2.24, 2.45) is 0 Å². The normalized spacial score (nSPS) is 11.5. The predicted octanol–water partition coefficient (Wildman–Crippen LogP) is 1.88. The maximum atomic E-state index is 10.9. The Hall–Kier alpha value is 0.546. The summed E-state index contributed by atoms with van der Waals surface area (Å²) in [7, 11) is 0. The van der Waals surface area contributed by atoms with Crippen molar-refractivity contribution in [1.82, 2.24) is 4.90 Å². The standard InChI is InChI=1S/C22H41NO2.K/c1-3-5-7-9-11-13-15-17-19-23(21-22(24)25)20-18-16-14-12-10-8-6-4-2;/h9-12H,3-8,13-21H2,1-2H3,(H,24,25);/q;+1/p-1/b11-9+,12-10+;. The van der Waals surface area contributed by atoms with Gasteiger partial charge < -0.3 is 9.90 Å². The zero-order chi connectivity index (χ0) is 18.6. The third-order valence-corrected chi connectivity index (χ3v) is 4.32. The van der Waals surface area contributed by atoms with E-state index in [0.717, 1.165) is 51.6 Å². The van der Waals surface area contributed by atoms with Crippen LogP contribution in [-0.4, -0.2) is 30.5 Å². The second-order valence-electron chi connectivity index (χ2n) is 6.87. The first kappa shape index (κ1) is 28.8. The summed E-state index contributed by atoms with van der Waals surface area (Å²) < 4.78 is 0. The number of hydrogen-bond acceptors (Lipinski definition) is 3. The largest absolute Gasteiger partial charge is 1.00 e. The van der Waals surface area contributed by atoms with Crippen molar-refractivity contribution in [1.29, 1.82) is 0 Å². The van der Waals surface area contributed by atoms with E-state index in [9.17, 15) is 9.90 Å². The van der Waals surface area contributed by atoms with Crippen LogP contribution in [0, 0.1) is 0 Å². The predicted molar refractivity (Wildman–Crippen MR) is 106 cm³/mol. The van der Waals surface area contributed by atoms with Crippen LogP contribution in [-0.2, 0) is 4.79 Å². The quantitative estimate of drug-likeness (QED) is 0.204. The van der Waals surface area contributed by atoms with Crippen molar-refractivity contribution in [2.45, 2.75) is 90.9 Å². The van der Waals surface area contributed by atoms with Crippen LogP contribution in [0.25, 0.3) is 0 Å². The first-order valence-corrected chi connectivity index (χ1v) is 10.4. The summed E-state index contributed by atoms with van der Waals surface area (Å²) in [6, 6.07) is 0. The number of carboxylic acid groups (broad SMARTS) is 1. The number of carboxylic acids is 1. The van der Waals surface area contributed by atoms with Gasteiger partial charge in [0.2, 0.25) is 0 Å². The fraction of sp³-hybridized carbons (Fsp3) is 0.773. The number of rotatable bonds is 18. The van der Waals surface area contributed by atoms with Gasteiger partial charge in [0, 0.05) is 6.54 Å². The molecule has 0 saturated carbocycles. The molecule has 0 amide bonds. The summed E-state index contributed by atoms with van der Waals surface area (Å²) in [5.41, 5.74) is 0. The molecule has 3 nitrogen and oxygen atoms in total. The Morgan fingerprint density at radius 2 is 1.12 bits per heavy atom. The maximum Gasteiger partial charge on any atom is 1.00 e. The van der Waals surface area contributed by atoms with Gasteiger partial charge in [-0.15, -0.1) is 0 Å². The summed E-state index contributed by atoms with van der Waals surface area (Å²) in [5, 5.41) is 10.9. The molecule has 0 bridgehead atoms. The molecule has 0 atom stereocenters. The van der Waals surface area contributed by atoms with Gasteiger partial charge in [-0.3, -0.25) is 4.90 Å². The molecule has 0 aliphatic carbocycles. The average molecular weight is 390 g/mol. The van der Waals surface area contributed by atoms with E-state index in [0.29, 0.717) is 0 Å². The van der Waals surface area contributed by atoms with Crippen LogP contribution in [0.4, 0.5) is 0 Å². The Morgan fingerprint density at radius 3 is 1.46 bits per heavy atom. The molecule has 0 aliphatic heterocycles. The van der Waals surface area contributed by atoms with Gasteiger partial charge >= 0.3 is 51.4 Å². The molecule has 0 aliphatic rings. The number of carbonyl (C=O) groups is 1. The molecule has 0 aromatic heterocycles. The van der Waals surface area contributed by atoms with Crippen molar-refractivity contribution < 1.29 is 61.3 Å². The molecule has 0 unspecified atom stereocenters. The van der Waals surface area contributed by atoms with Gasteiger partial charge in [-0.2, -0.15) is 0 Å². The summed E-state index contributed by atoms with van der Waals surface area (Å²) in [6.07, 6.45) is 23.1. The smallest absolute Gasteiger partial charge is 0.549 e. The van der Waals surface area contributed by atoms with Gasteiger partial charge in [-0.05, 0) is 64.5 Å². The number of allylic oxidation sites excluding steroid dienone is 4. The van der Waals surface area contributed by atoms with E-state index in [1.807, 2.05) is 4.90 Å². The van der Waals surface area contributed by atoms with Gasteiger partial charge in [-0.25, -0.2) is 0 Å². The van der Waals surface area contributed by atoms with Crippen molar-refractivity contribution in [3.05, 3.63) is 24.3 Å². The fourth-order valence-corrected chi connectivity index (χ4v) is 2.76. The SMILES string of the molecule is CCCC/C=C/CCCCN(CCCC/C=C/CCCC)CC(=O)[O-].[K+]. The molecular formula is C22H40KNO2. The zero-order valence-electron chi connectivity index (χ0n) is 17.7. The molecule has 0 fully saturated rings. The van der Waals surface area contributed by atoms with Crippen molar-refractivity contribution >= 4 is 5.97 Å². The Bertz CT molecular complexity index is 330. The van der Waals surface area contributed by atoms with E-state index in [1.54, 1.807) is 0 Å². The minimum Gasteiger partial charge on any atom is -0.549 e. The van der Waals surface area contributed by atoms with Crippen LogP contribution in [0.5, 0.6) is 0 Å². The molecule has 0 aromatic rings. The number of carbonyl (C=O) groups excluding carboxylic acids is 1. The molecule has 26 heavy (non-hydrogen) atoms. The van der Waals surface area contributed by atoms with Gasteiger partial charge in [0.25, 0.3) is 0 Å². The van der Waals surface area contributed by atoms with E-state index in [-0.39, 0.29) is 57.9 Å². The topological polar surface area (TPSA) is 43.4 Å². The van der Waals surface area contributed by atoms with Crippen LogP contribution in [0.3, 0.4) is 0 Å². The van der Waals surface area contributed by atoms with Crippen LogP contribution >= 0.6 is 0 Å². The third kappa shape index (κ3) is 22.6. The Labute approximate surface area is 205 Å². The average Bonchev–Trinajstić information content (AvgIpc) is 2.58. The molecule has 0 rings (SSSR count). The molecule has 0 heterocycles. The second-order valence-corrected chi connectivity index (χ2v) is 6.87. The summed E-state index contributed by atoms with van der Waals surface area (Å²) in [4.78, 5) is 12.9. The summed E-state index contributed by atoms with van der Waals surface area (Å²) in [6.45, 7) is 6.22. The number of unbranched alkanes of at least 4 members (excludes halogenated alkanes) is 8. The first-order chi connectivity index (χ1) is 12.2. The van der Waals surface area contributed by atoms with Gasteiger partial charge in [0.05, 0.1) is 5.97 Å². The Morgan fingerprint density at radius 1 is 0.731 bits per heavy atom. The van der Waals surface area contributed by atoms with Crippen LogP contribution in [0.1, 0.15) is 90.9 Å². The minimum absolute atomic E-state index is 0. The van der Waals surface area contributed by atoms with Crippen molar-refractivity contribution in [3.63, 3.8) is 0 Å². The third-order valence-electron chi connectivity index (χ3n) is 4.32. The van der Waals surface area contributed by atoms with E-state index in [1.165, 1.54) is 38.5 Å². The first-order valence-electron chi connectivity index (χ1n) is 10.4. The molecule has 4 heteroatoms. The van der Waals surface area contributed by atoms with E-state index < -0.39 is 5.97 Å². The molecule has 0 aromatic carbocycles. The molecule has 146 valence electrons. The molecular weight excluding hydrogens is 349 g/mol.